The molecular weight excluding hydrogens is 260 g/mol. The Morgan fingerprint density at radius 2 is 1.95 bits per heavy atom. The Morgan fingerprint density at radius 1 is 1.16 bits per heavy atom. The van der Waals surface area contributed by atoms with Crippen molar-refractivity contribution in [3.05, 3.63) is 34.9 Å². The quantitative estimate of drug-likeness (QED) is 0.778. The van der Waals surface area contributed by atoms with Crippen LogP contribution in [0.15, 0.2) is 24.3 Å². The van der Waals surface area contributed by atoms with Crippen molar-refractivity contribution >= 4 is 11.6 Å². The van der Waals surface area contributed by atoms with Gasteiger partial charge >= 0.3 is 0 Å². The van der Waals surface area contributed by atoms with Gasteiger partial charge in [0, 0.05) is 24.7 Å². The van der Waals surface area contributed by atoms with Crippen LogP contribution < -0.4 is 5.32 Å². The molecule has 0 spiro atoms. The van der Waals surface area contributed by atoms with Crippen molar-refractivity contribution in [2.75, 3.05) is 39.4 Å². The van der Waals surface area contributed by atoms with Gasteiger partial charge in [-0.1, -0.05) is 29.8 Å². The SMILES string of the molecule is Clc1ccccc1CNCCCCN1CCOCC1. The van der Waals surface area contributed by atoms with Crippen molar-refractivity contribution in [2.45, 2.75) is 19.4 Å². The summed E-state index contributed by atoms with van der Waals surface area (Å²) in [5.74, 6) is 0. The van der Waals surface area contributed by atoms with E-state index in [1.807, 2.05) is 18.2 Å². The highest BCUT2D eigenvalue weighted by molar-refractivity contribution is 6.31. The Morgan fingerprint density at radius 3 is 2.74 bits per heavy atom. The van der Waals surface area contributed by atoms with Crippen LogP contribution in [-0.2, 0) is 11.3 Å². The molecule has 1 heterocycles. The number of halogens is 1. The van der Waals surface area contributed by atoms with Gasteiger partial charge in [-0.2, -0.15) is 0 Å². The molecule has 0 atom stereocenters. The lowest BCUT2D eigenvalue weighted by molar-refractivity contribution is 0.0372. The van der Waals surface area contributed by atoms with E-state index in [4.69, 9.17) is 16.3 Å². The van der Waals surface area contributed by atoms with Crippen LogP contribution in [0.4, 0.5) is 0 Å². The topological polar surface area (TPSA) is 24.5 Å². The number of hydrogen-bond acceptors (Lipinski definition) is 3. The Kier molecular flexibility index (Phi) is 6.65. The van der Waals surface area contributed by atoms with E-state index in [1.165, 1.54) is 24.9 Å². The number of nitrogens with zero attached hydrogens (tertiary/aromatic N) is 1. The average Bonchev–Trinajstić information content (AvgIpc) is 2.45. The zero-order valence-electron chi connectivity index (χ0n) is 11.4. The van der Waals surface area contributed by atoms with Gasteiger partial charge in [0.1, 0.15) is 0 Å². The van der Waals surface area contributed by atoms with Crippen LogP contribution in [0, 0.1) is 0 Å². The minimum absolute atomic E-state index is 0.850. The van der Waals surface area contributed by atoms with Crippen LogP contribution in [0.5, 0.6) is 0 Å². The molecule has 1 aromatic carbocycles. The zero-order valence-corrected chi connectivity index (χ0v) is 12.2. The number of hydrogen-bond donors (Lipinski definition) is 1. The number of unbranched alkanes of at least 4 members (excludes halogenated alkanes) is 1. The second kappa shape index (κ2) is 8.54. The fraction of sp³-hybridized carbons (Fsp3) is 0.600. The molecule has 0 radical (unpaired) electrons. The second-order valence-corrected chi connectivity index (χ2v) is 5.34. The molecule has 0 unspecified atom stereocenters. The first-order valence-electron chi connectivity index (χ1n) is 7.10. The minimum atomic E-state index is 0.850. The summed E-state index contributed by atoms with van der Waals surface area (Å²) in [6.45, 7) is 7.07. The van der Waals surface area contributed by atoms with E-state index in [9.17, 15) is 0 Å². The second-order valence-electron chi connectivity index (χ2n) is 4.93. The van der Waals surface area contributed by atoms with Gasteiger partial charge in [0.05, 0.1) is 13.2 Å². The van der Waals surface area contributed by atoms with E-state index in [2.05, 4.69) is 16.3 Å². The van der Waals surface area contributed by atoms with Crippen molar-refractivity contribution < 1.29 is 4.74 Å². The van der Waals surface area contributed by atoms with Gasteiger partial charge in [-0.25, -0.2) is 0 Å². The zero-order chi connectivity index (χ0) is 13.3. The Balaban J connectivity index is 1.51. The fourth-order valence-electron chi connectivity index (χ4n) is 2.27. The molecule has 0 bridgehead atoms. The van der Waals surface area contributed by atoms with Crippen LogP contribution in [0.25, 0.3) is 0 Å². The highest BCUT2D eigenvalue weighted by Gasteiger charge is 2.08. The molecule has 1 aliphatic heterocycles. The third kappa shape index (κ3) is 5.49. The van der Waals surface area contributed by atoms with E-state index < -0.39 is 0 Å². The van der Waals surface area contributed by atoms with Crippen LogP contribution >= 0.6 is 11.6 Å². The van der Waals surface area contributed by atoms with Gasteiger partial charge < -0.3 is 10.1 Å². The molecule has 1 N–H and O–H groups in total. The molecule has 0 aromatic heterocycles. The van der Waals surface area contributed by atoms with Crippen molar-refractivity contribution in [3.8, 4) is 0 Å². The summed E-state index contributed by atoms with van der Waals surface area (Å²) in [4.78, 5) is 2.48. The fourth-order valence-corrected chi connectivity index (χ4v) is 2.48. The largest absolute Gasteiger partial charge is 0.379 e. The summed E-state index contributed by atoms with van der Waals surface area (Å²) in [7, 11) is 0. The molecule has 0 aliphatic carbocycles. The summed E-state index contributed by atoms with van der Waals surface area (Å²) < 4.78 is 5.34. The van der Waals surface area contributed by atoms with Crippen LogP contribution in [-0.4, -0.2) is 44.3 Å². The smallest absolute Gasteiger partial charge is 0.0594 e. The predicted octanol–water partition coefficient (Wildman–Crippen LogP) is 2.54. The lowest BCUT2D eigenvalue weighted by Gasteiger charge is -2.26. The van der Waals surface area contributed by atoms with Crippen LogP contribution in [0.3, 0.4) is 0 Å². The third-order valence-electron chi connectivity index (χ3n) is 3.45. The Labute approximate surface area is 120 Å². The molecule has 1 aromatic rings. The molecule has 1 fully saturated rings. The normalized spacial score (nSPS) is 16.7. The molecule has 0 amide bonds. The first-order chi connectivity index (χ1) is 9.36. The van der Waals surface area contributed by atoms with E-state index in [-0.39, 0.29) is 0 Å². The molecule has 1 aliphatic rings. The average molecular weight is 283 g/mol. The standard InChI is InChI=1S/C15H23ClN2O/c16-15-6-2-1-5-14(15)13-17-7-3-4-8-18-9-11-19-12-10-18/h1-2,5-6,17H,3-4,7-13H2. The molecule has 19 heavy (non-hydrogen) atoms. The maximum Gasteiger partial charge on any atom is 0.0594 e. The molecule has 1 saturated heterocycles. The lowest BCUT2D eigenvalue weighted by atomic mass is 10.2. The molecule has 3 nitrogen and oxygen atoms in total. The highest BCUT2D eigenvalue weighted by Crippen LogP contribution is 2.14. The lowest BCUT2D eigenvalue weighted by Crippen LogP contribution is -2.37. The summed E-state index contributed by atoms with van der Waals surface area (Å²) in [6, 6.07) is 8.01. The minimum Gasteiger partial charge on any atom is -0.379 e. The predicted molar refractivity (Wildman–Crippen MR) is 79.7 cm³/mol. The third-order valence-corrected chi connectivity index (χ3v) is 3.82. The first kappa shape index (κ1) is 14.8. The number of ether oxygens (including phenoxy) is 1. The van der Waals surface area contributed by atoms with Gasteiger partial charge in [-0.15, -0.1) is 0 Å². The van der Waals surface area contributed by atoms with Gasteiger partial charge in [-0.3, -0.25) is 4.90 Å². The number of benzene rings is 1. The molecule has 2 rings (SSSR count). The number of nitrogens with one attached hydrogen (secondary N) is 1. The summed E-state index contributed by atoms with van der Waals surface area (Å²) >= 11 is 6.11. The van der Waals surface area contributed by atoms with Gasteiger partial charge in [0.2, 0.25) is 0 Å². The van der Waals surface area contributed by atoms with Crippen LogP contribution in [0.2, 0.25) is 5.02 Å². The van der Waals surface area contributed by atoms with E-state index in [1.54, 1.807) is 0 Å². The number of morpholine rings is 1. The maximum absolute atomic E-state index is 6.11. The summed E-state index contributed by atoms with van der Waals surface area (Å²) in [5.41, 5.74) is 1.18. The highest BCUT2D eigenvalue weighted by atomic mass is 35.5. The summed E-state index contributed by atoms with van der Waals surface area (Å²) in [5, 5.41) is 4.30. The first-order valence-corrected chi connectivity index (χ1v) is 7.48. The Hall–Kier alpha value is -0.610. The molecule has 4 heteroatoms. The molecular formula is C15H23ClN2O. The van der Waals surface area contributed by atoms with Gasteiger partial charge in [-0.05, 0) is 37.6 Å². The van der Waals surface area contributed by atoms with E-state index >= 15 is 0 Å². The molecule has 0 saturated carbocycles. The van der Waals surface area contributed by atoms with E-state index in [0.29, 0.717) is 0 Å². The monoisotopic (exact) mass is 282 g/mol. The van der Waals surface area contributed by atoms with Gasteiger partial charge in [0.25, 0.3) is 0 Å². The van der Waals surface area contributed by atoms with Crippen molar-refractivity contribution in [1.29, 1.82) is 0 Å². The van der Waals surface area contributed by atoms with Crippen molar-refractivity contribution in [2.24, 2.45) is 0 Å². The van der Waals surface area contributed by atoms with Crippen LogP contribution in [0.1, 0.15) is 18.4 Å². The molecule has 106 valence electrons. The van der Waals surface area contributed by atoms with Crippen molar-refractivity contribution in [1.82, 2.24) is 10.2 Å². The van der Waals surface area contributed by atoms with Gasteiger partial charge in [0.15, 0.2) is 0 Å². The Bertz CT molecular complexity index is 367. The number of rotatable bonds is 7. The van der Waals surface area contributed by atoms with Crippen molar-refractivity contribution in [3.63, 3.8) is 0 Å². The summed E-state index contributed by atoms with van der Waals surface area (Å²) in [6.07, 6.45) is 2.46. The van der Waals surface area contributed by atoms with E-state index in [0.717, 1.165) is 44.4 Å². The maximum atomic E-state index is 6.11.